The van der Waals surface area contributed by atoms with Crippen molar-refractivity contribution in [2.75, 3.05) is 10.6 Å². The fraction of sp³-hybridized carbons (Fsp3) is 0.300. The highest BCUT2D eigenvalue weighted by atomic mass is 127. The van der Waals surface area contributed by atoms with Crippen molar-refractivity contribution in [2.45, 2.75) is 40.3 Å². The van der Waals surface area contributed by atoms with Crippen molar-refractivity contribution < 1.29 is 4.79 Å². The minimum atomic E-state index is -0.215. The van der Waals surface area contributed by atoms with Crippen LogP contribution in [0.15, 0.2) is 47.5 Å². The molecule has 0 aliphatic heterocycles. The molecule has 5 N–H and O–H groups in total. The number of aryl methyl sites for hydroxylation is 2. The van der Waals surface area contributed by atoms with Gasteiger partial charge in [-0.3, -0.25) is 0 Å². The van der Waals surface area contributed by atoms with Crippen LogP contribution in [0.2, 0.25) is 0 Å². The number of rotatable bonds is 5. The second-order valence-electron chi connectivity index (χ2n) is 6.65. The summed E-state index contributed by atoms with van der Waals surface area (Å²) < 4.78 is 0. The molecule has 0 bridgehead atoms. The second-order valence-corrected chi connectivity index (χ2v) is 6.65. The number of nitrogens with one attached hydrogen (secondary N) is 3. The molecule has 2 amide bonds. The number of benzene rings is 2. The number of hydrogen-bond donors (Lipinski definition) is 4. The van der Waals surface area contributed by atoms with Crippen LogP contribution in [-0.2, 0) is 6.54 Å². The minimum absolute atomic E-state index is 0. The minimum Gasteiger partial charge on any atom is -0.370 e. The average Bonchev–Trinajstić information content (AvgIpc) is 2.52. The van der Waals surface area contributed by atoms with Gasteiger partial charge in [-0.1, -0.05) is 18.2 Å². The Bertz CT molecular complexity index is 767. The van der Waals surface area contributed by atoms with Crippen molar-refractivity contribution in [2.24, 2.45) is 10.7 Å². The molecule has 0 saturated heterocycles. The molecule has 2 aromatic carbocycles. The lowest BCUT2D eigenvalue weighted by Gasteiger charge is -2.10. The van der Waals surface area contributed by atoms with Crippen LogP contribution >= 0.6 is 24.0 Å². The van der Waals surface area contributed by atoms with Gasteiger partial charge >= 0.3 is 6.03 Å². The number of aliphatic imine (C=N–C) groups is 1. The Labute approximate surface area is 178 Å². The average molecular weight is 481 g/mol. The summed E-state index contributed by atoms with van der Waals surface area (Å²) in [5.41, 5.74) is 11.0. The maximum atomic E-state index is 11.7. The number of amides is 2. The molecule has 0 saturated carbocycles. The van der Waals surface area contributed by atoms with Gasteiger partial charge in [-0.15, -0.1) is 24.0 Å². The molecule has 0 heterocycles. The van der Waals surface area contributed by atoms with Crippen molar-refractivity contribution in [3.63, 3.8) is 0 Å². The van der Waals surface area contributed by atoms with Gasteiger partial charge in [0.05, 0.1) is 6.54 Å². The number of anilines is 2. The van der Waals surface area contributed by atoms with Crippen LogP contribution in [0.1, 0.15) is 30.5 Å². The van der Waals surface area contributed by atoms with Crippen LogP contribution in [0.3, 0.4) is 0 Å². The lowest BCUT2D eigenvalue weighted by atomic mass is 10.1. The van der Waals surface area contributed by atoms with E-state index in [0.29, 0.717) is 12.5 Å². The molecule has 0 fully saturated rings. The van der Waals surface area contributed by atoms with E-state index in [1.54, 1.807) is 0 Å². The summed E-state index contributed by atoms with van der Waals surface area (Å²) >= 11 is 0. The summed E-state index contributed by atoms with van der Waals surface area (Å²) in [6.07, 6.45) is 0. The summed E-state index contributed by atoms with van der Waals surface area (Å²) in [6.45, 7) is 8.38. The third-order valence-corrected chi connectivity index (χ3v) is 3.56. The zero-order valence-electron chi connectivity index (χ0n) is 16.2. The highest BCUT2D eigenvalue weighted by Crippen LogP contribution is 2.14. The van der Waals surface area contributed by atoms with Gasteiger partial charge in [0.15, 0.2) is 5.96 Å². The van der Waals surface area contributed by atoms with E-state index in [9.17, 15) is 4.79 Å². The standard InChI is InChI=1S/C20H27N5O.HI/c1-13(2)23-20(26)25-17-7-5-16(6-8-17)12-22-19(21)24-18-10-14(3)9-15(4)11-18;/h5-11,13H,12H2,1-4H3,(H3,21,22,24)(H2,23,25,26);1H. The van der Waals surface area contributed by atoms with Gasteiger partial charge in [0.2, 0.25) is 0 Å². The van der Waals surface area contributed by atoms with Gasteiger partial charge in [0, 0.05) is 17.4 Å². The largest absolute Gasteiger partial charge is 0.370 e. The first-order valence-electron chi connectivity index (χ1n) is 8.63. The van der Waals surface area contributed by atoms with E-state index < -0.39 is 0 Å². The lowest BCUT2D eigenvalue weighted by Crippen LogP contribution is -2.34. The zero-order chi connectivity index (χ0) is 19.1. The van der Waals surface area contributed by atoms with E-state index in [1.807, 2.05) is 64.1 Å². The van der Waals surface area contributed by atoms with Gasteiger partial charge in [-0.05, 0) is 68.7 Å². The molecule has 27 heavy (non-hydrogen) atoms. The Kier molecular flexibility index (Phi) is 9.07. The van der Waals surface area contributed by atoms with Crippen LogP contribution in [0.5, 0.6) is 0 Å². The summed E-state index contributed by atoms with van der Waals surface area (Å²) in [7, 11) is 0. The number of nitrogens with zero attached hydrogens (tertiary/aromatic N) is 1. The number of carbonyl (C=O) groups is 1. The molecule has 2 aromatic rings. The zero-order valence-corrected chi connectivity index (χ0v) is 18.5. The molecule has 0 aliphatic carbocycles. The third-order valence-electron chi connectivity index (χ3n) is 3.56. The van der Waals surface area contributed by atoms with Crippen molar-refractivity contribution in [3.8, 4) is 0 Å². The smallest absolute Gasteiger partial charge is 0.319 e. The Morgan fingerprint density at radius 3 is 2.15 bits per heavy atom. The van der Waals surface area contributed by atoms with E-state index in [4.69, 9.17) is 5.73 Å². The maximum absolute atomic E-state index is 11.7. The second kappa shape index (κ2) is 10.8. The normalized spacial score (nSPS) is 10.9. The molecule has 0 radical (unpaired) electrons. The maximum Gasteiger partial charge on any atom is 0.319 e. The van der Waals surface area contributed by atoms with E-state index in [2.05, 4.69) is 27.0 Å². The molecule has 0 aromatic heterocycles. The highest BCUT2D eigenvalue weighted by Gasteiger charge is 2.03. The summed E-state index contributed by atoms with van der Waals surface area (Å²) in [6, 6.07) is 13.6. The molecule has 2 rings (SSSR count). The van der Waals surface area contributed by atoms with E-state index in [0.717, 1.165) is 16.9 Å². The van der Waals surface area contributed by atoms with Crippen molar-refractivity contribution in [1.82, 2.24) is 5.32 Å². The first kappa shape index (κ1) is 22.8. The predicted molar refractivity (Wildman–Crippen MR) is 124 cm³/mol. The Morgan fingerprint density at radius 1 is 1.00 bits per heavy atom. The Hall–Kier alpha value is -2.29. The molecular weight excluding hydrogens is 453 g/mol. The summed E-state index contributed by atoms with van der Waals surface area (Å²) in [5.74, 6) is 0.369. The number of nitrogens with two attached hydrogens (primary N) is 1. The van der Waals surface area contributed by atoms with Crippen LogP contribution in [0.25, 0.3) is 0 Å². The Balaban J connectivity index is 0.00000364. The van der Waals surface area contributed by atoms with Crippen LogP contribution in [0.4, 0.5) is 16.2 Å². The SMILES string of the molecule is Cc1cc(C)cc(NC(N)=NCc2ccc(NC(=O)NC(C)C)cc2)c1.I. The number of hydrogen-bond acceptors (Lipinski definition) is 2. The number of urea groups is 1. The Morgan fingerprint density at radius 2 is 1.59 bits per heavy atom. The van der Waals surface area contributed by atoms with Crippen LogP contribution in [0, 0.1) is 13.8 Å². The fourth-order valence-electron chi connectivity index (χ4n) is 2.53. The summed E-state index contributed by atoms with van der Waals surface area (Å²) in [5, 5.41) is 8.68. The van der Waals surface area contributed by atoms with Crippen molar-refractivity contribution >= 4 is 47.3 Å². The van der Waals surface area contributed by atoms with Gasteiger partial charge in [0.1, 0.15) is 0 Å². The first-order chi connectivity index (χ1) is 12.3. The van der Waals surface area contributed by atoms with Gasteiger partial charge < -0.3 is 21.7 Å². The monoisotopic (exact) mass is 481 g/mol. The molecule has 0 unspecified atom stereocenters. The van der Waals surface area contributed by atoms with Gasteiger partial charge in [-0.2, -0.15) is 0 Å². The number of halogens is 1. The van der Waals surface area contributed by atoms with E-state index in [1.165, 1.54) is 11.1 Å². The van der Waals surface area contributed by atoms with Crippen LogP contribution in [-0.4, -0.2) is 18.0 Å². The quantitative estimate of drug-likeness (QED) is 0.290. The third kappa shape index (κ3) is 8.29. The number of carbonyl (C=O) groups excluding carboxylic acids is 1. The molecule has 6 nitrogen and oxygen atoms in total. The predicted octanol–water partition coefficient (Wildman–Crippen LogP) is 4.38. The molecule has 0 atom stereocenters. The highest BCUT2D eigenvalue weighted by molar-refractivity contribution is 14.0. The van der Waals surface area contributed by atoms with Crippen molar-refractivity contribution in [1.29, 1.82) is 0 Å². The van der Waals surface area contributed by atoms with Crippen LogP contribution < -0.4 is 21.7 Å². The molecule has 146 valence electrons. The van der Waals surface area contributed by atoms with E-state index in [-0.39, 0.29) is 36.0 Å². The molecule has 0 aliphatic rings. The lowest BCUT2D eigenvalue weighted by molar-refractivity contribution is 0.250. The van der Waals surface area contributed by atoms with Crippen molar-refractivity contribution in [3.05, 3.63) is 59.2 Å². The first-order valence-corrected chi connectivity index (χ1v) is 8.63. The topological polar surface area (TPSA) is 91.5 Å². The molecule has 7 heteroatoms. The summed E-state index contributed by atoms with van der Waals surface area (Å²) in [4.78, 5) is 16.0. The molecule has 0 spiro atoms. The van der Waals surface area contributed by atoms with E-state index >= 15 is 0 Å². The number of guanidine groups is 1. The molecular formula is C20H28IN5O. The van der Waals surface area contributed by atoms with Gasteiger partial charge in [-0.25, -0.2) is 9.79 Å². The van der Waals surface area contributed by atoms with Gasteiger partial charge in [0.25, 0.3) is 0 Å². The fourth-order valence-corrected chi connectivity index (χ4v) is 2.53.